The molecule has 0 aliphatic carbocycles. The summed E-state index contributed by atoms with van der Waals surface area (Å²) < 4.78 is 39.6. The smallest absolute Gasteiger partial charge is 0.339 e. The fourth-order valence-corrected chi connectivity index (χ4v) is 3.13. The molecule has 0 radical (unpaired) electrons. The van der Waals surface area contributed by atoms with Gasteiger partial charge in [-0.15, -0.1) is 0 Å². The summed E-state index contributed by atoms with van der Waals surface area (Å²) in [7, 11) is 0. The van der Waals surface area contributed by atoms with Crippen LogP contribution in [0.2, 0.25) is 0 Å². The fraction of sp³-hybridized carbons (Fsp3) is 0.389. The lowest BCUT2D eigenvalue weighted by Crippen LogP contribution is -2.50. The van der Waals surface area contributed by atoms with Crippen molar-refractivity contribution in [3.8, 4) is 11.3 Å². The molecule has 0 N–H and O–H groups in total. The Morgan fingerprint density at radius 1 is 1.04 bits per heavy atom. The number of piperazine rings is 1. The van der Waals surface area contributed by atoms with Crippen LogP contribution in [0.15, 0.2) is 36.5 Å². The van der Waals surface area contributed by atoms with Gasteiger partial charge >= 0.3 is 6.18 Å². The first-order valence-corrected chi connectivity index (χ1v) is 8.49. The van der Waals surface area contributed by atoms with Crippen LogP contribution in [0.25, 0.3) is 11.3 Å². The minimum atomic E-state index is -4.46. The van der Waals surface area contributed by atoms with Crippen LogP contribution in [0, 0.1) is 0 Å². The molecule has 3 rings (SSSR count). The third-order valence-corrected chi connectivity index (χ3v) is 4.46. The van der Waals surface area contributed by atoms with E-state index in [2.05, 4.69) is 5.10 Å². The van der Waals surface area contributed by atoms with Crippen molar-refractivity contribution in [2.45, 2.75) is 19.6 Å². The molecule has 27 heavy (non-hydrogen) atoms. The first-order chi connectivity index (χ1) is 12.8. The number of carbonyl (C=O) groups excluding carboxylic acids is 2. The van der Waals surface area contributed by atoms with Crippen LogP contribution >= 0.6 is 0 Å². The molecule has 0 spiro atoms. The maximum Gasteiger partial charge on any atom is 0.408 e. The quantitative estimate of drug-likeness (QED) is 0.822. The molecule has 0 bridgehead atoms. The summed E-state index contributed by atoms with van der Waals surface area (Å²) in [5, 5.41) is 3.82. The Labute approximate surface area is 154 Å². The van der Waals surface area contributed by atoms with Crippen LogP contribution < -0.4 is 0 Å². The molecular weight excluding hydrogens is 361 g/mol. The van der Waals surface area contributed by atoms with Gasteiger partial charge in [0.25, 0.3) is 5.91 Å². The van der Waals surface area contributed by atoms with Crippen molar-refractivity contribution in [1.29, 1.82) is 0 Å². The summed E-state index contributed by atoms with van der Waals surface area (Å²) in [6, 6.07) is 8.43. The number of hydrogen-bond acceptors (Lipinski definition) is 3. The van der Waals surface area contributed by atoms with E-state index in [1.54, 1.807) is 40.1 Å². The maximum absolute atomic E-state index is 12.9. The number of nitrogens with zero attached hydrogens (tertiary/aromatic N) is 4. The standard InChI is InChI=1S/C18H19F3N4O2/c1-13(26)23-7-9-24(10-8-23)17(27)15-11-22-25(12-18(19,20)21)16(15)14-5-3-2-4-6-14/h2-6,11H,7-10,12H2,1H3. The van der Waals surface area contributed by atoms with Gasteiger partial charge in [0.15, 0.2) is 0 Å². The molecule has 6 nitrogen and oxygen atoms in total. The first-order valence-electron chi connectivity index (χ1n) is 8.49. The van der Waals surface area contributed by atoms with Crippen molar-refractivity contribution in [2.75, 3.05) is 26.2 Å². The fourth-order valence-electron chi connectivity index (χ4n) is 3.13. The number of carbonyl (C=O) groups is 2. The van der Waals surface area contributed by atoms with Crippen molar-refractivity contribution in [1.82, 2.24) is 19.6 Å². The second-order valence-electron chi connectivity index (χ2n) is 6.34. The molecule has 1 saturated heterocycles. The summed E-state index contributed by atoms with van der Waals surface area (Å²) in [5.41, 5.74) is 0.763. The Morgan fingerprint density at radius 2 is 1.63 bits per heavy atom. The van der Waals surface area contributed by atoms with Crippen molar-refractivity contribution < 1.29 is 22.8 Å². The number of rotatable bonds is 3. The van der Waals surface area contributed by atoms with E-state index < -0.39 is 12.7 Å². The molecule has 9 heteroatoms. The topological polar surface area (TPSA) is 58.4 Å². The van der Waals surface area contributed by atoms with E-state index in [0.717, 1.165) is 4.68 Å². The second-order valence-corrected chi connectivity index (χ2v) is 6.34. The van der Waals surface area contributed by atoms with E-state index in [9.17, 15) is 22.8 Å². The molecule has 0 saturated carbocycles. The number of alkyl halides is 3. The number of aromatic nitrogens is 2. The van der Waals surface area contributed by atoms with Crippen LogP contribution in [-0.2, 0) is 11.3 Å². The summed E-state index contributed by atoms with van der Waals surface area (Å²) in [6.07, 6.45) is -3.27. The third kappa shape index (κ3) is 4.29. The van der Waals surface area contributed by atoms with Crippen molar-refractivity contribution in [3.63, 3.8) is 0 Å². The maximum atomic E-state index is 12.9. The van der Waals surface area contributed by atoms with E-state index in [0.29, 0.717) is 31.7 Å². The Hall–Kier alpha value is -2.84. The summed E-state index contributed by atoms with van der Waals surface area (Å²) in [4.78, 5) is 27.5. The molecule has 144 valence electrons. The molecule has 1 aromatic heterocycles. The van der Waals surface area contributed by atoms with Gasteiger partial charge in [-0.25, -0.2) is 0 Å². The number of hydrogen-bond donors (Lipinski definition) is 0. The van der Waals surface area contributed by atoms with Gasteiger partial charge in [0, 0.05) is 38.7 Å². The molecule has 1 aromatic carbocycles. The highest BCUT2D eigenvalue weighted by Gasteiger charge is 2.33. The van der Waals surface area contributed by atoms with Gasteiger partial charge in [0.2, 0.25) is 5.91 Å². The third-order valence-electron chi connectivity index (χ3n) is 4.46. The lowest BCUT2D eigenvalue weighted by atomic mass is 10.1. The molecule has 1 fully saturated rings. The summed E-state index contributed by atoms with van der Waals surface area (Å²) in [6.45, 7) is 1.65. The zero-order chi connectivity index (χ0) is 19.6. The number of amides is 2. The largest absolute Gasteiger partial charge is 0.408 e. The monoisotopic (exact) mass is 380 g/mol. The normalized spacial score (nSPS) is 15.1. The molecule has 1 aliphatic rings. The average molecular weight is 380 g/mol. The van der Waals surface area contributed by atoms with Crippen LogP contribution in [0.3, 0.4) is 0 Å². The Bertz CT molecular complexity index is 825. The zero-order valence-electron chi connectivity index (χ0n) is 14.7. The zero-order valence-corrected chi connectivity index (χ0v) is 14.7. The predicted octanol–water partition coefficient (Wildman–Crippen LogP) is 2.42. The van der Waals surface area contributed by atoms with Gasteiger partial charge in [0.1, 0.15) is 6.54 Å². The van der Waals surface area contributed by atoms with E-state index >= 15 is 0 Å². The minimum absolute atomic E-state index is 0.0647. The molecule has 0 unspecified atom stereocenters. The Morgan fingerprint density at radius 3 is 2.19 bits per heavy atom. The first kappa shape index (κ1) is 18.9. The average Bonchev–Trinajstić information content (AvgIpc) is 3.03. The van der Waals surface area contributed by atoms with E-state index in [4.69, 9.17) is 0 Å². The van der Waals surface area contributed by atoms with E-state index in [1.165, 1.54) is 13.1 Å². The Kier molecular flexibility index (Phi) is 5.20. The SMILES string of the molecule is CC(=O)N1CCN(C(=O)c2cnn(CC(F)(F)F)c2-c2ccccc2)CC1. The molecule has 2 amide bonds. The van der Waals surface area contributed by atoms with Crippen molar-refractivity contribution in [2.24, 2.45) is 0 Å². The van der Waals surface area contributed by atoms with Gasteiger partial charge in [-0.3, -0.25) is 14.3 Å². The summed E-state index contributed by atoms with van der Waals surface area (Å²) >= 11 is 0. The highest BCUT2D eigenvalue weighted by molar-refractivity contribution is 6.00. The van der Waals surface area contributed by atoms with Crippen molar-refractivity contribution >= 4 is 11.8 Å². The lowest BCUT2D eigenvalue weighted by molar-refractivity contribution is -0.142. The Balaban J connectivity index is 1.91. The van der Waals surface area contributed by atoms with E-state index in [-0.39, 0.29) is 23.1 Å². The van der Waals surface area contributed by atoms with Gasteiger partial charge in [-0.1, -0.05) is 30.3 Å². The molecule has 0 atom stereocenters. The molecular formula is C18H19F3N4O2. The minimum Gasteiger partial charge on any atom is -0.339 e. The predicted molar refractivity (Wildman–Crippen MR) is 91.9 cm³/mol. The molecule has 1 aliphatic heterocycles. The van der Waals surface area contributed by atoms with Crippen LogP contribution in [-0.4, -0.2) is 63.7 Å². The lowest BCUT2D eigenvalue weighted by Gasteiger charge is -2.34. The van der Waals surface area contributed by atoms with Crippen molar-refractivity contribution in [3.05, 3.63) is 42.1 Å². The van der Waals surface area contributed by atoms with Gasteiger partial charge in [-0.05, 0) is 0 Å². The number of halogens is 3. The molecule has 2 heterocycles. The van der Waals surface area contributed by atoms with Gasteiger partial charge in [0.05, 0.1) is 17.5 Å². The van der Waals surface area contributed by atoms with Gasteiger partial charge in [-0.2, -0.15) is 18.3 Å². The highest BCUT2D eigenvalue weighted by atomic mass is 19.4. The molecule has 2 aromatic rings. The van der Waals surface area contributed by atoms with Gasteiger partial charge < -0.3 is 9.80 Å². The highest BCUT2D eigenvalue weighted by Crippen LogP contribution is 2.28. The van der Waals surface area contributed by atoms with Crippen LogP contribution in [0.4, 0.5) is 13.2 Å². The van der Waals surface area contributed by atoms with Crippen LogP contribution in [0.5, 0.6) is 0 Å². The summed E-state index contributed by atoms with van der Waals surface area (Å²) in [5.74, 6) is -0.449. The number of benzene rings is 1. The second kappa shape index (κ2) is 7.42. The van der Waals surface area contributed by atoms with Crippen LogP contribution in [0.1, 0.15) is 17.3 Å². The van der Waals surface area contributed by atoms with E-state index in [1.807, 2.05) is 0 Å².